The number of hydrogen-bond acceptors (Lipinski definition) is 7. The Bertz CT molecular complexity index is 1090. The molecule has 1 unspecified atom stereocenters. The molecule has 0 saturated carbocycles. The third-order valence-corrected chi connectivity index (χ3v) is 4.27. The first-order chi connectivity index (χ1) is 12.3. The number of hydrogen-bond donors (Lipinski definition) is 4. The molecule has 0 aliphatic carbocycles. The highest BCUT2D eigenvalue weighted by Crippen LogP contribution is 2.41. The lowest BCUT2D eigenvalue weighted by Crippen LogP contribution is -2.12. The molecule has 0 amide bonds. The SMILES string of the molecule is C=C(C)C(O)Cc1cc2c(=O)c3c(O)ccc(O)c3oc2c(OC)c1O. The first kappa shape index (κ1) is 17.6. The highest BCUT2D eigenvalue weighted by molar-refractivity contribution is 5.98. The highest BCUT2D eigenvalue weighted by atomic mass is 16.5. The summed E-state index contributed by atoms with van der Waals surface area (Å²) in [6.45, 7) is 5.30. The number of fused-ring (bicyclic) bond motifs is 2. The second-order valence-electron chi connectivity index (χ2n) is 6.10. The van der Waals surface area contributed by atoms with E-state index >= 15 is 0 Å². The number of rotatable bonds is 4. The number of benzene rings is 2. The number of methoxy groups -OCH3 is 1. The van der Waals surface area contributed by atoms with Crippen LogP contribution in [-0.4, -0.2) is 33.6 Å². The van der Waals surface area contributed by atoms with E-state index in [4.69, 9.17) is 9.15 Å². The van der Waals surface area contributed by atoms with Gasteiger partial charge in [-0.1, -0.05) is 12.2 Å². The molecule has 1 aromatic heterocycles. The second kappa shape index (κ2) is 6.27. The lowest BCUT2D eigenvalue weighted by molar-refractivity contribution is 0.210. The molecule has 3 aromatic rings. The monoisotopic (exact) mass is 358 g/mol. The predicted molar refractivity (Wildman–Crippen MR) is 96.1 cm³/mol. The molecule has 26 heavy (non-hydrogen) atoms. The minimum atomic E-state index is -0.923. The summed E-state index contributed by atoms with van der Waals surface area (Å²) in [7, 11) is 1.29. The van der Waals surface area contributed by atoms with Crippen LogP contribution >= 0.6 is 0 Å². The topological polar surface area (TPSA) is 120 Å². The van der Waals surface area contributed by atoms with Gasteiger partial charge in [-0.25, -0.2) is 0 Å². The summed E-state index contributed by atoms with van der Waals surface area (Å²) in [6.07, 6.45) is -0.912. The maximum Gasteiger partial charge on any atom is 0.204 e. The quantitative estimate of drug-likeness (QED) is 0.321. The Hall–Kier alpha value is -3.19. The second-order valence-corrected chi connectivity index (χ2v) is 6.10. The van der Waals surface area contributed by atoms with Crippen molar-refractivity contribution in [3.63, 3.8) is 0 Å². The molecule has 0 aliphatic heterocycles. The first-order valence-electron chi connectivity index (χ1n) is 7.80. The molecule has 7 heteroatoms. The van der Waals surface area contributed by atoms with E-state index in [1.54, 1.807) is 6.92 Å². The van der Waals surface area contributed by atoms with Crippen LogP contribution in [0.25, 0.3) is 21.9 Å². The van der Waals surface area contributed by atoms with Crippen LogP contribution in [0.15, 0.2) is 39.6 Å². The van der Waals surface area contributed by atoms with Crippen LogP contribution in [0.5, 0.6) is 23.0 Å². The van der Waals surface area contributed by atoms with Gasteiger partial charge in [0.1, 0.15) is 11.1 Å². The summed E-state index contributed by atoms with van der Waals surface area (Å²) in [5.41, 5.74) is -0.126. The van der Waals surface area contributed by atoms with Crippen molar-refractivity contribution in [3.05, 3.63) is 46.1 Å². The lowest BCUT2D eigenvalue weighted by atomic mass is 9.99. The van der Waals surface area contributed by atoms with Crippen LogP contribution in [0, 0.1) is 0 Å². The molecule has 4 N–H and O–H groups in total. The van der Waals surface area contributed by atoms with Crippen molar-refractivity contribution in [1.29, 1.82) is 0 Å². The number of aromatic hydroxyl groups is 3. The van der Waals surface area contributed by atoms with Gasteiger partial charge in [0.05, 0.1) is 18.6 Å². The Morgan fingerprint density at radius 3 is 2.50 bits per heavy atom. The van der Waals surface area contributed by atoms with Crippen LogP contribution < -0.4 is 10.2 Å². The van der Waals surface area contributed by atoms with Gasteiger partial charge in [0, 0.05) is 12.0 Å². The Kier molecular flexibility index (Phi) is 4.25. The van der Waals surface area contributed by atoms with Gasteiger partial charge in [0.2, 0.25) is 11.2 Å². The minimum Gasteiger partial charge on any atom is -0.507 e. The molecule has 0 radical (unpaired) electrons. The molecule has 2 aromatic carbocycles. The van der Waals surface area contributed by atoms with Gasteiger partial charge in [0.15, 0.2) is 22.7 Å². The molecule has 7 nitrogen and oxygen atoms in total. The summed E-state index contributed by atoms with van der Waals surface area (Å²) >= 11 is 0. The zero-order chi connectivity index (χ0) is 19.2. The third kappa shape index (κ3) is 2.62. The van der Waals surface area contributed by atoms with E-state index in [1.807, 2.05) is 0 Å². The Morgan fingerprint density at radius 2 is 1.88 bits per heavy atom. The Labute approximate surface area is 148 Å². The van der Waals surface area contributed by atoms with Crippen LogP contribution in [0.3, 0.4) is 0 Å². The van der Waals surface area contributed by atoms with Crippen molar-refractivity contribution >= 4 is 21.9 Å². The molecule has 0 saturated heterocycles. The standard InChI is InChI=1S/C19H18O7/c1-8(2)13(22)7-9-6-10-16(24)14-11(20)4-5-12(21)18(14)26-17(10)19(25-3)15(9)23/h4-6,13,20-23H,1,7H2,2-3H3. The lowest BCUT2D eigenvalue weighted by Gasteiger charge is -2.15. The Balaban J connectivity index is 2.43. The molecule has 0 bridgehead atoms. The molecular weight excluding hydrogens is 340 g/mol. The minimum absolute atomic E-state index is 0.0109. The van der Waals surface area contributed by atoms with Gasteiger partial charge in [0.25, 0.3) is 0 Å². The summed E-state index contributed by atoms with van der Waals surface area (Å²) < 4.78 is 10.8. The van der Waals surface area contributed by atoms with Crippen LogP contribution in [-0.2, 0) is 6.42 Å². The van der Waals surface area contributed by atoms with Crippen molar-refractivity contribution < 1.29 is 29.6 Å². The average Bonchev–Trinajstić information content (AvgIpc) is 2.59. The average molecular weight is 358 g/mol. The number of phenolic OH excluding ortho intramolecular Hbond substituents is 3. The maximum absolute atomic E-state index is 12.9. The van der Waals surface area contributed by atoms with Gasteiger partial charge >= 0.3 is 0 Å². The maximum atomic E-state index is 12.9. The first-order valence-corrected chi connectivity index (χ1v) is 7.80. The smallest absolute Gasteiger partial charge is 0.204 e. The fraction of sp³-hybridized carbons (Fsp3) is 0.211. The Morgan fingerprint density at radius 1 is 1.23 bits per heavy atom. The number of phenols is 3. The molecule has 1 heterocycles. The summed E-state index contributed by atoms with van der Waals surface area (Å²) in [6, 6.07) is 3.74. The zero-order valence-electron chi connectivity index (χ0n) is 14.2. The van der Waals surface area contributed by atoms with Gasteiger partial charge in [-0.2, -0.15) is 0 Å². The van der Waals surface area contributed by atoms with Crippen molar-refractivity contribution in [3.8, 4) is 23.0 Å². The molecular formula is C19H18O7. The number of aliphatic hydroxyl groups excluding tert-OH is 1. The molecule has 1 atom stereocenters. The van der Waals surface area contributed by atoms with Crippen LogP contribution in [0.1, 0.15) is 12.5 Å². The molecule has 0 fully saturated rings. The zero-order valence-corrected chi connectivity index (χ0v) is 14.2. The fourth-order valence-corrected chi connectivity index (χ4v) is 2.80. The number of aliphatic hydroxyl groups is 1. The largest absolute Gasteiger partial charge is 0.507 e. The van der Waals surface area contributed by atoms with E-state index in [-0.39, 0.29) is 56.9 Å². The number of ether oxygens (including phenoxy) is 1. The van der Waals surface area contributed by atoms with Crippen molar-refractivity contribution in [2.45, 2.75) is 19.4 Å². The van der Waals surface area contributed by atoms with Gasteiger partial charge in [-0.05, 0) is 25.1 Å². The van der Waals surface area contributed by atoms with Crippen LogP contribution in [0.2, 0.25) is 0 Å². The van der Waals surface area contributed by atoms with Crippen molar-refractivity contribution in [2.24, 2.45) is 0 Å². The van der Waals surface area contributed by atoms with E-state index in [9.17, 15) is 25.2 Å². The fourth-order valence-electron chi connectivity index (χ4n) is 2.80. The van der Waals surface area contributed by atoms with E-state index in [2.05, 4.69) is 6.58 Å². The molecule has 3 rings (SSSR count). The summed E-state index contributed by atoms with van der Waals surface area (Å²) in [5.74, 6) is -1.07. The highest BCUT2D eigenvalue weighted by Gasteiger charge is 2.23. The van der Waals surface area contributed by atoms with Gasteiger partial charge in [-0.15, -0.1) is 0 Å². The van der Waals surface area contributed by atoms with Crippen molar-refractivity contribution in [2.75, 3.05) is 7.11 Å². The van der Waals surface area contributed by atoms with E-state index in [0.717, 1.165) is 0 Å². The molecule has 136 valence electrons. The van der Waals surface area contributed by atoms with Gasteiger partial charge in [-0.3, -0.25) is 4.79 Å². The van der Waals surface area contributed by atoms with E-state index in [1.165, 1.54) is 25.3 Å². The normalized spacial score (nSPS) is 12.4. The molecule has 0 spiro atoms. The van der Waals surface area contributed by atoms with Gasteiger partial charge < -0.3 is 29.6 Å². The third-order valence-electron chi connectivity index (χ3n) is 4.27. The predicted octanol–water partition coefficient (Wildman–Crippen LogP) is 2.55. The van der Waals surface area contributed by atoms with Crippen LogP contribution in [0.4, 0.5) is 0 Å². The van der Waals surface area contributed by atoms with E-state index < -0.39 is 11.5 Å². The summed E-state index contributed by atoms with van der Waals surface area (Å²) in [4.78, 5) is 12.9. The van der Waals surface area contributed by atoms with E-state index in [0.29, 0.717) is 5.57 Å². The van der Waals surface area contributed by atoms with Crippen molar-refractivity contribution in [1.82, 2.24) is 0 Å². The molecule has 0 aliphatic rings. The summed E-state index contributed by atoms with van der Waals surface area (Å²) in [5, 5.41) is 40.3.